The molecule has 2 aliphatic heterocycles. The molecule has 76 heavy (non-hydrogen) atoms. The molecule has 3 atom stereocenters. The Labute approximate surface area is 449 Å². The van der Waals surface area contributed by atoms with Crippen LogP contribution in [-0.2, 0) is 35.6 Å². The van der Waals surface area contributed by atoms with Crippen LogP contribution in [-0.4, -0.2) is 137 Å². The monoisotopic (exact) mass is 1070 g/mol. The first-order valence-corrected chi connectivity index (χ1v) is 29.0. The Morgan fingerprint density at radius 3 is 2.17 bits per heavy atom. The van der Waals surface area contributed by atoms with Crippen LogP contribution in [0, 0.1) is 12.3 Å². The van der Waals surface area contributed by atoms with Crippen molar-refractivity contribution in [3.8, 4) is 21.7 Å². The van der Waals surface area contributed by atoms with Crippen LogP contribution >= 0.6 is 11.3 Å². The SMILES string of the molecule is Cc1ncsc1-c1ccc(CNC(=O)[C@@H]2C[C@@H](O)CN2C(=O)[C@@H](NC(=O)CCCCCCCCNC(=O)CN2CCN(c3ccc(Nc4nc5cccc(-c6ccc(S(C)(=O)=O)cc6)n5n4)cc3)CC2)C(C)(C)C)cc1. The van der Waals surface area contributed by atoms with Crippen LogP contribution in [0.2, 0.25) is 0 Å². The van der Waals surface area contributed by atoms with Crippen molar-refractivity contribution < 1.29 is 32.7 Å². The molecular formula is C56H71N11O7S2. The third-order valence-electron chi connectivity index (χ3n) is 14.0. The summed E-state index contributed by atoms with van der Waals surface area (Å²) in [7, 11) is -3.30. The molecule has 0 bridgehead atoms. The number of unbranched alkanes of at least 4 members (excludes halogenated alkanes) is 5. The van der Waals surface area contributed by atoms with Gasteiger partial charge >= 0.3 is 0 Å². The maximum Gasteiger partial charge on any atom is 0.247 e. The quantitative estimate of drug-likeness (QED) is 0.0445. The summed E-state index contributed by atoms with van der Waals surface area (Å²) in [5.74, 6) is -0.461. The Hall–Kier alpha value is -6.74. The van der Waals surface area contributed by atoms with Gasteiger partial charge in [0.2, 0.25) is 29.6 Å². The van der Waals surface area contributed by atoms with Gasteiger partial charge in [0.25, 0.3) is 0 Å². The molecule has 0 saturated carbocycles. The number of aliphatic hydroxyl groups is 1. The van der Waals surface area contributed by atoms with Crippen LogP contribution < -0.4 is 26.2 Å². The van der Waals surface area contributed by atoms with E-state index in [1.165, 1.54) is 11.2 Å². The molecule has 0 unspecified atom stereocenters. The third-order valence-corrected chi connectivity index (χ3v) is 16.1. The van der Waals surface area contributed by atoms with Gasteiger partial charge in [-0.15, -0.1) is 16.4 Å². The van der Waals surface area contributed by atoms with Gasteiger partial charge in [0, 0.05) is 81.8 Å². The molecule has 3 aromatic heterocycles. The first-order valence-electron chi connectivity index (χ1n) is 26.2. The lowest BCUT2D eigenvalue weighted by molar-refractivity contribution is -0.144. The van der Waals surface area contributed by atoms with Crippen molar-refractivity contribution in [1.29, 1.82) is 0 Å². The van der Waals surface area contributed by atoms with Crippen LogP contribution in [0.5, 0.6) is 0 Å². The van der Waals surface area contributed by atoms with Gasteiger partial charge in [-0.05, 0) is 84.8 Å². The van der Waals surface area contributed by atoms with Crippen molar-refractivity contribution in [3.63, 3.8) is 0 Å². The number of hydrogen-bond donors (Lipinski definition) is 5. The summed E-state index contributed by atoms with van der Waals surface area (Å²) in [5, 5.41) is 27.6. The number of aliphatic hydroxyl groups excluding tert-OH is 1. The molecule has 0 aliphatic carbocycles. The lowest BCUT2D eigenvalue weighted by Crippen LogP contribution is -2.57. The minimum absolute atomic E-state index is 0.0219. The van der Waals surface area contributed by atoms with E-state index in [1.54, 1.807) is 40.1 Å². The van der Waals surface area contributed by atoms with Gasteiger partial charge < -0.3 is 36.2 Å². The topological polar surface area (TPSA) is 224 Å². The maximum atomic E-state index is 14.0. The standard InChI is InChI=1S/C56H71N11O7S2/c1-38-51(75-37-59-38)41-18-16-39(17-19-41)34-58-53(71)47-33-44(68)35-66(47)54(72)52(56(2,3)4)62-49(69)15-10-8-6-7-9-11-28-57-50(70)36-64-29-31-65(32-30-64)43-24-22-42(23-25-43)60-55-61-48-14-12-13-46(67(48)63-55)40-20-26-45(27-21-40)76(5,73)74/h12-14,16-27,37,44,47,52,68H,6-11,15,28-36H2,1-5H3,(H,57,70)(H,58,71)(H,60,63)(H,62,69)/t44-,47+,52-/m1/s1. The lowest BCUT2D eigenvalue weighted by Gasteiger charge is -2.35. The maximum absolute atomic E-state index is 14.0. The average molecular weight is 1070 g/mol. The summed E-state index contributed by atoms with van der Waals surface area (Å²) in [6.07, 6.45) is 6.10. The second-order valence-corrected chi connectivity index (χ2v) is 23.9. The summed E-state index contributed by atoms with van der Waals surface area (Å²) < 4.78 is 25.6. The van der Waals surface area contributed by atoms with E-state index in [4.69, 9.17) is 0 Å². The fourth-order valence-electron chi connectivity index (χ4n) is 9.72. The van der Waals surface area contributed by atoms with Gasteiger partial charge in [0.05, 0.1) is 39.3 Å². The van der Waals surface area contributed by atoms with Crippen molar-refractivity contribution in [2.75, 3.05) is 62.3 Å². The molecule has 2 saturated heterocycles. The number of pyridine rings is 1. The summed E-state index contributed by atoms with van der Waals surface area (Å²) in [4.78, 5) is 69.8. The van der Waals surface area contributed by atoms with E-state index in [0.29, 0.717) is 31.1 Å². The number of β-amino-alcohol motifs (C(OH)–C–C–N with tert-alkyl or cyclic N) is 1. The molecule has 20 heteroatoms. The van der Waals surface area contributed by atoms with E-state index in [2.05, 4.69) is 58.3 Å². The minimum Gasteiger partial charge on any atom is -0.391 e. The molecule has 3 aromatic carbocycles. The summed E-state index contributed by atoms with van der Waals surface area (Å²) in [6, 6.07) is 26.7. The molecule has 2 aliphatic rings. The Morgan fingerprint density at radius 1 is 0.816 bits per heavy atom. The first-order chi connectivity index (χ1) is 36.4. The number of benzene rings is 3. The number of thiazole rings is 1. The van der Waals surface area contributed by atoms with E-state index < -0.39 is 33.4 Å². The molecular weight excluding hydrogens is 1000 g/mol. The molecule has 8 rings (SSSR count). The largest absolute Gasteiger partial charge is 0.391 e. The number of aromatic nitrogens is 4. The number of hydrogen-bond acceptors (Lipinski definition) is 14. The molecule has 0 radical (unpaired) electrons. The fourth-order valence-corrected chi connectivity index (χ4v) is 11.2. The number of carbonyl (C=O) groups is 4. The zero-order valence-electron chi connectivity index (χ0n) is 44.1. The predicted octanol–water partition coefficient (Wildman–Crippen LogP) is 6.75. The number of likely N-dealkylation sites (tertiary alicyclic amines) is 1. The predicted molar refractivity (Wildman–Crippen MR) is 297 cm³/mol. The first kappa shape index (κ1) is 55.5. The number of rotatable bonds is 22. The Bertz CT molecular complexity index is 3060. The minimum atomic E-state index is -3.30. The van der Waals surface area contributed by atoms with Crippen molar-refractivity contribution in [2.24, 2.45) is 5.41 Å². The van der Waals surface area contributed by atoms with Crippen LogP contribution in [0.3, 0.4) is 0 Å². The number of sulfone groups is 1. The highest BCUT2D eigenvalue weighted by Gasteiger charge is 2.44. The Kier molecular flexibility index (Phi) is 18.2. The normalized spacial score (nSPS) is 16.7. The number of aryl methyl sites for hydroxylation is 1. The number of nitrogens with zero attached hydrogens (tertiary/aromatic N) is 7. The molecule has 2 fully saturated rings. The fraction of sp³-hybridized carbons (Fsp3) is 0.446. The smallest absolute Gasteiger partial charge is 0.247 e. The number of anilines is 3. The third kappa shape index (κ3) is 14.6. The summed E-state index contributed by atoms with van der Waals surface area (Å²) >= 11 is 1.58. The zero-order chi connectivity index (χ0) is 54.0. The zero-order valence-corrected chi connectivity index (χ0v) is 45.8. The molecule has 4 amide bonds. The Morgan fingerprint density at radius 2 is 1.50 bits per heavy atom. The van der Waals surface area contributed by atoms with Gasteiger partial charge in [-0.1, -0.05) is 88.9 Å². The lowest BCUT2D eigenvalue weighted by atomic mass is 9.85. The van der Waals surface area contributed by atoms with Crippen molar-refractivity contribution in [3.05, 3.63) is 108 Å². The molecule has 18 nitrogen and oxygen atoms in total. The van der Waals surface area contributed by atoms with E-state index >= 15 is 0 Å². The highest BCUT2D eigenvalue weighted by molar-refractivity contribution is 7.90. The highest BCUT2D eigenvalue weighted by Crippen LogP contribution is 2.30. The molecule has 5 heterocycles. The van der Waals surface area contributed by atoms with Crippen LogP contribution in [0.25, 0.3) is 27.3 Å². The highest BCUT2D eigenvalue weighted by atomic mass is 32.2. The number of carbonyl (C=O) groups excluding carboxylic acids is 4. The molecule has 5 N–H and O–H groups in total. The van der Waals surface area contributed by atoms with E-state index in [1.807, 2.05) is 87.8 Å². The van der Waals surface area contributed by atoms with Crippen molar-refractivity contribution in [1.82, 2.24) is 45.3 Å². The molecule has 6 aromatic rings. The van der Waals surface area contributed by atoms with E-state index in [0.717, 1.165) is 103 Å². The van der Waals surface area contributed by atoms with Gasteiger partial charge in [-0.3, -0.25) is 24.1 Å². The number of nitrogens with one attached hydrogen (secondary N) is 4. The summed E-state index contributed by atoms with van der Waals surface area (Å²) in [5.41, 5.74) is 8.32. The van der Waals surface area contributed by atoms with Gasteiger partial charge in [0.1, 0.15) is 12.1 Å². The summed E-state index contributed by atoms with van der Waals surface area (Å²) in [6.45, 7) is 12.1. The number of piperazine rings is 1. The van der Waals surface area contributed by atoms with E-state index in [-0.39, 0.29) is 54.5 Å². The van der Waals surface area contributed by atoms with Crippen LogP contribution in [0.1, 0.15) is 83.4 Å². The molecule has 0 spiro atoms. The van der Waals surface area contributed by atoms with Crippen LogP contribution in [0.4, 0.5) is 17.3 Å². The van der Waals surface area contributed by atoms with E-state index in [9.17, 15) is 32.7 Å². The number of amides is 4. The number of fused-ring (bicyclic) bond motifs is 1. The van der Waals surface area contributed by atoms with Crippen molar-refractivity contribution >= 4 is 67.8 Å². The Balaban J connectivity index is 0.680. The van der Waals surface area contributed by atoms with Crippen LogP contribution in [0.15, 0.2) is 101 Å². The van der Waals surface area contributed by atoms with Gasteiger partial charge in [-0.2, -0.15) is 4.98 Å². The van der Waals surface area contributed by atoms with Gasteiger partial charge in [0.15, 0.2) is 15.5 Å². The second kappa shape index (κ2) is 24.9. The van der Waals surface area contributed by atoms with Crippen molar-refractivity contribution in [2.45, 2.75) is 109 Å². The second-order valence-electron chi connectivity index (χ2n) is 21.0. The van der Waals surface area contributed by atoms with Gasteiger partial charge in [-0.25, -0.2) is 17.9 Å². The molecule has 404 valence electrons. The average Bonchev–Trinajstić information content (AvgIpc) is 4.17.